The number of ketones is 1. The SMILES string of the molecule is CC1(C)CC[C@]2(C)[C@H](CC[C@@]3(C)[C@@H]2CC[C@H]2[C@@]4(C)CCC(=O)C(C)(C)[C@@H]4CC[C@]23C)[C@@H]1O. The quantitative estimate of drug-likeness (QED) is 0.423. The van der Waals surface area contributed by atoms with Crippen molar-refractivity contribution in [3.8, 4) is 0 Å². The lowest BCUT2D eigenvalue weighted by molar-refractivity contribution is -0.260. The van der Waals surface area contributed by atoms with Gasteiger partial charge in [-0.25, -0.2) is 0 Å². The van der Waals surface area contributed by atoms with Crippen LogP contribution in [0.1, 0.15) is 120 Å². The van der Waals surface area contributed by atoms with Crippen molar-refractivity contribution in [2.45, 2.75) is 126 Å². The number of aliphatic hydroxyl groups is 1. The van der Waals surface area contributed by atoms with E-state index in [1.165, 1.54) is 44.9 Å². The summed E-state index contributed by atoms with van der Waals surface area (Å²) >= 11 is 0. The van der Waals surface area contributed by atoms with Crippen LogP contribution in [-0.2, 0) is 4.79 Å². The summed E-state index contributed by atoms with van der Waals surface area (Å²) in [6.07, 6.45) is 11.8. The fourth-order valence-electron chi connectivity index (χ4n) is 11.5. The minimum atomic E-state index is -0.158. The molecule has 2 nitrogen and oxygen atoms in total. The number of aliphatic hydroxyl groups excluding tert-OH is 1. The Labute approximate surface area is 197 Å². The van der Waals surface area contributed by atoms with Crippen LogP contribution in [0.3, 0.4) is 0 Å². The molecule has 0 unspecified atom stereocenters. The lowest BCUT2D eigenvalue weighted by atomic mass is 9.31. The first-order valence-corrected chi connectivity index (χ1v) is 13.9. The minimum Gasteiger partial charge on any atom is -0.392 e. The number of rotatable bonds is 0. The van der Waals surface area contributed by atoms with Gasteiger partial charge in [0.05, 0.1) is 6.10 Å². The Hall–Kier alpha value is -0.370. The molecule has 2 heteroatoms. The van der Waals surface area contributed by atoms with E-state index in [1.54, 1.807) is 0 Å². The first-order valence-electron chi connectivity index (χ1n) is 13.9. The molecule has 182 valence electrons. The molecule has 0 saturated heterocycles. The lowest BCUT2D eigenvalue weighted by Crippen LogP contribution is -2.68. The first kappa shape index (κ1) is 23.4. The van der Waals surface area contributed by atoms with Gasteiger partial charge in [0.15, 0.2) is 0 Å². The van der Waals surface area contributed by atoms with Gasteiger partial charge in [-0.2, -0.15) is 0 Å². The van der Waals surface area contributed by atoms with Crippen LogP contribution in [-0.4, -0.2) is 17.0 Å². The highest BCUT2D eigenvalue weighted by Crippen LogP contribution is 2.77. The molecule has 0 radical (unpaired) electrons. The van der Waals surface area contributed by atoms with Crippen LogP contribution in [0, 0.1) is 56.2 Å². The average Bonchev–Trinajstić information content (AvgIpc) is 2.69. The maximum atomic E-state index is 12.9. The standard InChI is InChI=1S/C30H50O2/c1-25(2)17-18-27(5)19(24(25)32)11-15-29(7)21(27)9-10-22-28(6)14-13-23(31)26(3,4)20(28)12-16-30(22,29)8/h19-22,24,32H,9-18H2,1-8H3/t19-,20+,21-,22+,24+,27-,28+,29+,30-/m1/s1. The summed E-state index contributed by atoms with van der Waals surface area (Å²) in [6.45, 7) is 19.6. The van der Waals surface area contributed by atoms with E-state index in [2.05, 4.69) is 55.4 Å². The summed E-state index contributed by atoms with van der Waals surface area (Å²) in [5.74, 6) is 2.96. The van der Waals surface area contributed by atoms with Crippen molar-refractivity contribution >= 4 is 5.78 Å². The number of Topliss-reactive ketones (excluding diaryl/α,β-unsaturated/α-hetero) is 1. The van der Waals surface area contributed by atoms with E-state index >= 15 is 0 Å². The van der Waals surface area contributed by atoms with Crippen molar-refractivity contribution < 1.29 is 9.90 Å². The molecular formula is C30H50O2. The molecule has 5 aliphatic rings. The molecule has 5 saturated carbocycles. The fraction of sp³-hybridized carbons (Fsp3) is 0.967. The molecule has 0 aromatic heterocycles. The molecular weight excluding hydrogens is 392 g/mol. The Kier molecular flexibility index (Phi) is 4.85. The molecule has 0 heterocycles. The predicted octanol–water partition coefficient (Wildman–Crippen LogP) is 7.43. The Morgan fingerprint density at radius 2 is 1.22 bits per heavy atom. The van der Waals surface area contributed by atoms with Crippen molar-refractivity contribution in [2.24, 2.45) is 56.2 Å². The molecule has 9 atom stereocenters. The van der Waals surface area contributed by atoms with E-state index in [9.17, 15) is 9.90 Å². The maximum Gasteiger partial charge on any atom is 0.138 e. The lowest BCUT2D eigenvalue weighted by Gasteiger charge is -2.74. The number of carbonyl (C=O) groups is 1. The van der Waals surface area contributed by atoms with E-state index < -0.39 is 0 Å². The molecule has 0 aromatic rings. The van der Waals surface area contributed by atoms with E-state index in [0.717, 1.165) is 31.1 Å². The third-order valence-corrected chi connectivity index (χ3v) is 13.7. The number of fused-ring (bicyclic) bond motifs is 7. The largest absolute Gasteiger partial charge is 0.392 e. The maximum absolute atomic E-state index is 12.9. The molecule has 1 N–H and O–H groups in total. The molecule has 0 amide bonds. The van der Waals surface area contributed by atoms with Gasteiger partial charge >= 0.3 is 0 Å². The van der Waals surface area contributed by atoms with Crippen molar-refractivity contribution in [2.75, 3.05) is 0 Å². The van der Waals surface area contributed by atoms with Gasteiger partial charge < -0.3 is 5.11 Å². The predicted molar refractivity (Wildman–Crippen MR) is 131 cm³/mol. The van der Waals surface area contributed by atoms with Crippen molar-refractivity contribution in [1.29, 1.82) is 0 Å². The summed E-state index contributed by atoms with van der Waals surface area (Å²) in [7, 11) is 0. The minimum absolute atomic E-state index is 0.0603. The van der Waals surface area contributed by atoms with Crippen LogP contribution < -0.4 is 0 Å². The van der Waals surface area contributed by atoms with E-state index in [-0.39, 0.29) is 22.3 Å². The Morgan fingerprint density at radius 3 is 1.84 bits per heavy atom. The third-order valence-electron chi connectivity index (χ3n) is 13.7. The van der Waals surface area contributed by atoms with Gasteiger partial charge in [0.25, 0.3) is 0 Å². The highest BCUT2D eigenvalue weighted by molar-refractivity contribution is 5.85. The molecule has 0 aliphatic heterocycles. The summed E-state index contributed by atoms with van der Waals surface area (Å²) in [6, 6.07) is 0. The van der Waals surface area contributed by atoms with Gasteiger partial charge in [-0.15, -0.1) is 0 Å². The van der Waals surface area contributed by atoms with Gasteiger partial charge in [0.1, 0.15) is 5.78 Å². The molecule has 5 rings (SSSR count). The fourth-order valence-corrected chi connectivity index (χ4v) is 11.5. The zero-order chi connectivity index (χ0) is 23.5. The van der Waals surface area contributed by atoms with Crippen molar-refractivity contribution in [1.82, 2.24) is 0 Å². The molecule has 32 heavy (non-hydrogen) atoms. The summed E-state index contributed by atoms with van der Waals surface area (Å²) in [4.78, 5) is 12.9. The molecule has 0 bridgehead atoms. The van der Waals surface area contributed by atoms with Crippen molar-refractivity contribution in [3.63, 3.8) is 0 Å². The Balaban J connectivity index is 1.53. The summed E-state index contributed by atoms with van der Waals surface area (Å²) < 4.78 is 0. The van der Waals surface area contributed by atoms with Crippen LogP contribution in [0.2, 0.25) is 0 Å². The number of carbonyl (C=O) groups excluding carboxylic acids is 1. The van der Waals surface area contributed by atoms with E-state index in [4.69, 9.17) is 0 Å². The zero-order valence-electron chi connectivity index (χ0n) is 22.3. The van der Waals surface area contributed by atoms with Crippen LogP contribution in [0.25, 0.3) is 0 Å². The summed E-state index contributed by atoms with van der Waals surface area (Å²) in [5.41, 5.74) is 1.17. The van der Waals surface area contributed by atoms with E-state index in [0.29, 0.717) is 33.9 Å². The second kappa shape index (κ2) is 6.64. The van der Waals surface area contributed by atoms with Gasteiger partial charge in [-0.1, -0.05) is 55.4 Å². The summed E-state index contributed by atoms with van der Waals surface area (Å²) in [5, 5.41) is 11.4. The highest BCUT2D eigenvalue weighted by atomic mass is 16.3. The van der Waals surface area contributed by atoms with Gasteiger partial charge in [0.2, 0.25) is 0 Å². The first-order chi connectivity index (χ1) is 14.6. The number of hydrogen-bond acceptors (Lipinski definition) is 2. The van der Waals surface area contributed by atoms with Crippen LogP contribution in [0.15, 0.2) is 0 Å². The normalized spacial score (nSPS) is 56.4. The number of hydrogen-bond donors (Lipinski definition) is 1. The Morgan fingerprint density at radius 1 is 0.656 bits per heavy atom. The van der Waals surface area contributed by atoms with Crippen LogP contribution in [0.4, 0.5) is 0 Å². The molecule has 0 aromatic carbocycles. The second-order valence-electron chi connectivity index (χ2n) is 15.3. The average molecular weight is 443 g/mol. The molecule has 5 aliphatic carbocycles. The smallest absolute Gasteiger partial charge is 0.138 e. The van der Waals surface area contributed by atoms with Crippen molar-refractivity contribution in [3.05, 3.63) is 0 Å². The molecule has 5 fully saturated rings. The zero-order valence-corrected chi connectivity index (χ0v) is 22.3. The molecule has 0 spiro atoms. The van der Waals surface area contributed by atoms with Gasteiger partial charge in [-0.05, 0) is 109 Å². The third kappa shape index (κ3) is 2.60. The van der Waals surface area contributed by atoms with E-state index in [1.807, 2.05) is 0 Å². The van der Waals surface area contributed by atoms with Gasteiger partial charge in [0, 0.05) is 11.8 Å². The second-order valence-corrected chi connectivity index (χ2v) is 15.3. The Bertz CT molecular complexity index is 812. The topological polar surface area (TPSA) is 37.3 Å². The monoisotopic (exact) mass is 442 g/mol. The van der Waals surface area contributed by atoms with Crippen LogP contribution in [0.5, 0.6) is 0 Å². The van der Waals surface area contributed by atoms with Gasteiger partial charge in [-0.3, -0.25) is 4.79 Å². The highest BCUT2D eigenvalue weighted by Gasteiger charge is 2.71. The van der Waals surface area contributed by atoms with Crippen LogP contribution >= 0.6 is 0 Å².